The molecule has 9 nitrogen and oxygen atoms in total. The van der Waals surface area contributed by atoms with Gasteiger partial charge in [-0.2, -0.15) is 0 Å². The molecular formula is C30H38N6O3. The smallest absolute Gasteiger partial charge is 0.312 e. The average Bonchev–Trinajstić information content (AvgIpc) is 2.94. The van der Waals surface area contributed by atoms with E-state index in [1.807, 2.05) is 38.4 Å². The topological polar surface area (TPSA) is 126 Å². The van der Waals surface area contributed by atoms with E-state index in [9.17, 15) is 9.59 Å². The number of nitrogens with zero attached hydrogens (tertiary/aromatic N) is 2. The summed E-state index contributed by atoms with van der Waals surface area (Å²) >= 11 is 0. The number of nitrogens with two attached hydrogens (primary N) is 2. The summed E-state index contributed by atoms with van der Waals surface area (Å²) in [6, 6.07) is 22.3. The Morgan fingerprint density at radius 3 is 2.18 bits per heavy atom. The Bertz CT molecular complexity index is 1240. The number of morpholine rings is 1. The van der Waals surface area contributed by atoms with E-state index in [1.165, 1.54) is 5.56 Å². The van der Waals surface area contributed by atoms with Gasteiger partial charge in [-0.15, -0.1) is 0 Å². The van der Waals surface area contributed by atoms with Crippen molar-refractivity contribution in [2.24, 2.45) is 5.73 Å². The molecule has 9 heteroatoms. The number of carbonyl (C=O) groups is 2. The third-order valence-corrected chi connectivity index (χ3v) is 7.11. The number of amides is 3. The number of urea groups is 1. The molecule has 1 saturated heterocycles. The molecule has 39 heavy (non-hydrogen) atoms. The van der Waals surface area contributed by atoms with Crippen LogP contribution in [0.2, 0.25) is 0 Å². The first kappa shape index (κ1) is 27.9. The van der Waals surface area contributed by atoms with Crippen molar-refractivity contribution in [1.29, 1.82) is 0 Å². The minimum Gasteiger partial charge on any atom is -0.397 e. The number of anilines is 3. The van der Waals surface area contributed by atoms with E-state index in [-0.39, 0.29) is 18.0 Å². The van der Waals surface area contributed by atoms with Crippen LogP contribution in [0.3, 0.4) is 0 Å². The van der Waals surface area contributed by atoms with Gasteiger partial charge in [-0.3, -0.25) is 9.69 Å². The number of rotatable bonds is 10. The Hall–Kier alpha value is -4.08. The van der Waals surface area contributed by atoms with Crippen LogP contribution in [0.1, 0.15) is 46.4 Å². The van der Waals surface area contributed by atoms with Crippen LogP contribution < -0.4 is 27.0 Å². The fourth-order valence-corrected chi connectivity index (χ4v) is 4.93. The van der Waals surface area contributed by atoms with Crippen molar-refractivity contribution in [2.75, 3.05) is 56.3 Å². The van der Waals surface area contributed by atoms with Gasteiger partial charge >= 0.3 is 6.03 Å². The van der Waals surface area contributed by atoms with Gasteiger partial charge in [0.05, 0.1) is 30.6 Å². The molecule has 6 N–H and O–H groups in total. The molecule has 1 aliphatic heterocycles. The van der Waals surface area contributed by atoms with E-state index in [1.54, 1.807) is 24.3 Å². The van der Waals surface area contributed by atoms with Gasteiger partial charge in [0, 0.05) is 44.5 Å². The summed E-state index contributed by atoms with van der Waals surface area (Å²) in [4.78, 5) is 29.2. The first-order valence-corrected chi connectivity index (χ1v) is 13.2. The van der Waals surface area contributed by atoms with Crippen LogP contribution in [0.15, 0.2) is 72.8 Å². The number of nitrogens with one attached hydrogen (secondary N) is 2. The molecule has 4 rings (SSSR count). The fraction of sp³-hybridized carbons (Fsp3) is 0.333. The van der Waals surface area contributed by atoms with Crippen molar-refractivity contribution in [2.45, 2.75) is 24.9 Å². The molecular weight excluding hydrogens is 492 g/mol. The zero-order valence-electron chi connectivity index (χ0n) is 22.6. The number of benzene rings is 3. The molecule has 1 fully saturated rings. The second-order valence-corrected chi connectivity index (χ2v) is 9.95. The molecule has 2 atom stereocenters. The maximum Gasteiger partial charge on any atom is 0.312 e. The monoisotopic (exact) mass is 530 g/mol. The SMILES string of the molecule is CN(C)c1ccc(C(CCC(NC(N)=O)c2ccc(C(=O)Nc3ccccc3N)cc2)N2CCOCC2)cc1. The quantitative estimate of drug-likeness (QED) is 0.292. The van der Waals surface area contributed by atoms with Crippen LogP contribution in [0.5, 0.6) is 0 Å². The van der Waals surface area contributed by atoms with Gasteiger partial charge in [-0.05, 0) is 60.4 Å². The number of hydrogen-bond donors (Lipinski definition) is 4. The largest absolute Gasteiger partial charge is 0.397 e. The number of carbonyl (C=O) groups excluding carboxylic acids is 2. The number of primary amides is 1. The highest BCUT2D eigenvalue weighted by Crippen LogP contribution is 2.31. The van der Waals surface area contributed by atoms with Gasteiger partial charge in [0.1, 0.15) is 0 Å². The van der Waals surface area contributed by atoms with Crippen LogP contribution in [0.4, 0.5) is 21.9 Å². The zero-order valence-corrected chi connectivity index (χ0v) is 22.6. The highest BCUT2D eigenvalue weighted by Gasteiger charge is 2.25. The van der Waals surface area contributed by atoms with Crippen LogP contribution in [-0.2, 0) is 4.74 Å². The summed E-state index contributed by atoms with van der Waals surface area (Å²) in [5.41, 5.74) is 16.3. The fourth-order valence-electron chi connectivity index (χ4n) is 4.93. The lowest BCUT2D eigenvalue weighted by Crippen LogP contribution is -2.40. The van der Waals surface area contributed by atoms with Gasteiger partial charge in [0.25, 0.3) is 5.91 Å². The molecule has 206 valence electrons. The second-order valence-electron chi connectivity index (χ2n) is 9.95. The molecule has 0 spiro atoms. The number of nitrogen functional groups attached to an aromatic ring is 1. The van der Waals surface area contributed by atoms with E-state index in [0.717, 1.165) is 30.8 Å². The summed E-state index contributed by atoms with van der Waals surface area (Å²) < 4.78 is 5.60. The lowest BCUT2D eigenvalue weighted by molar-refractivity contribution is 0.0133. The van der Waals surface area contributed by atoms with Gasteiger partial charge in [0.2, 0.25) is 0 Å². The van der Waals surface area contributed by atoms with Crippen molar-refractivity contribution in [1.82, 2.24) is 10.2 Å². The van der Waals surface area contributed by atoms with Gasteiger partial charge in [-0.1, -0.05) is 36.4 Å². The van der Waals surface area contributed by atoms with Crippen molar-refractivity contribution >= 4 is 29.0 Å². The predicted octanol–water partition coefficient (Wildman–Crippen LogP) is 4.15. The first-order valence-electron chi connectivity index (χ1n) is 13.2. The average molecular weight is 531 g/mol. The molecule has 3 aromatic rings. The number of hydrogen-bond acceptors (Lipinski definition) is 6. The second kappa shape index (κ2) is 13.1. The van der Waals surface area contributed by atoms with Crippen molar-refractivity contribution in [3.05, 3.63) is 89.5 Å². The Kier molecular flexibility index (Phi) is 9.40. The Labute approximate surface area is 230 Å². The van der Waals surface area contributed by atoms with E-state index in [2.05, 4.69) is 44.7 Å². The molecule has 2 unspecified atom stereocenters. The van der Waals surface area contributed by atoms with E-state index in [0.29, 0.717) is 36.6 Å². The van der Waals surface area contributed by atoms with Crippen LogP contribution in [0, 0.1) is 0 Å². The van der Waals surface area contributed by atoms with Crippen LogP contribution >= 0.6 is 0 Å². The summed E-state index contributed by atoms with van der Waals surface area (Å²) in [7, 11) is 4.06. The molecule has 0 radical (unpaired) electrons. The maximum absolute atomic E-state index is 12.8. The zero-order chi connectivity index (χ0) is 27.8. The Balaban J connectivity index is 1.49. The summed E-state index contributed by atoms with van der Waals surface area (Å²) in [6.45, 7) is 3.11. The summed E-state index contributed by atoms with van der Waals surface area (Å²) in [5, 5.41) is 5.74. The normalized spacial score (nSPS) is 15.2. The number of para-hydroxylation sites is 2. The van der Waals surface area contributed by atoms with Crippen molar-refractivity contribution in [3.63, 3.8) is 0 Å². The van der Waals surface area contributed by atoms with Crippen LogP contribution in [0.25, 0.3) is 0 Å². The summed E-state index contributed by atoms with van der Waals surface area (Å²) in [5.74, 6) is -0.257. The molecule has 3 aromatic carbocycles. The highest BCUT2D eigenvalue weighted by atomic mass is 16.5. The minimum atomic E-state index is -0.584. The molecule has 0 saturated carbocycles. The first-order chi connectivity index (χ1) is 18.8. The third kappa shape index (κ3) is 7.49. The van der Waals surface area contributed by atoms with E-state index in [4.69, 9.17) is 16.2 Å². The Morgan fingerprint density at radius 2 is 1.56 bits per heavy atom. The number of ether oxygens (including phenoxy) is 1. The van der Waals surface area contributed by atoms with E-state index >= 15 is 0 Å². The molecule has 0 aromatic heterocycles. The van der Waals surface area contributed by atoms with Gasteiger partial charge in [0.15, 0.2) is 0 Å². The van der Waals surface area contributed by atoms with Crippen LogP contribution in [-0.4, -0.2) is 57.2 Å². The minimum absolute atomic E-state index is 0.170. The molecule has 1 aliphatic rings. The lowest BCUT2D eigenvalue weighted by Gasteiger charge is -2.36. The lowest BCUT2D eigenvalue weighted by atomic mass is 9.93. The van der Waals surface area contributed by atoms with Gasteiger partial charge in [-0.25, -0.2) is 4.79 Å². The Morgan fingerprint density at radius 1 is 0.923 bits per heavy atom. The molecule has 3 amide bonds. The molecule has 0 aliphatic carbocycles. The van der Waals surface area contributed by atoms with Crippen molar-refractivity contribution in [3.8, 4) is 0 Å². The predicted molar refractivity (Wildman–Crippen MR) is 156 cm³/mol. The highest BCUT2D eigenvalue weighted by molar-refractivity contribution is 6.05. The third-order valence-electron chi connectivity index (χ3n) is 7.11. The van der Waals surface area contributed by atoms with Gasteiger partial charge < -0.3 is 31.7 Å². The van der Waals surface area contributed by atoms with Crippen molar-refractivity contribution < 1.29 is 14.3 Å². The standard InChI is InChI=1S/C30H38N6O3/c1-35(2)24-13-11-22(12-14-24)28(36-17-19-39-20-18-36)16-15-26(34-30(32)38)21-7-9-23(10-8-21)29(37)33-27-6-4-3-5-25(27)31/h3-14,26,28H,15-20,31H2,1-2H3,(H,33,37)(H3,32,34,38). The maximum atomic E-state index is 12.8. The van der Waals surface area contributed by atoms with E-state index < -0.39 is 6.03 Å². The molecule has 0 bridgehead atoms. The summed E-state index contributed by atoms with van der Waals surface area (Å²) in [6.07, 6.45) is 1.48. The molecule has 1 heterocycles.